The third-order valence-electron chi connectivity index (χ3n) is 2.64. The van der Waals surface area contributed by atoms with Crippen LogP contribution in [0.2, 0.25) is 0 Å². The minimum absolute atomic E-state index is 0.0669. The number of carboxylic acid groups (broad SMARTS) is 1. The fraction of sp³-hybridized carbons (Fsp3) is 0.400. The van der Waals surface area contributed by atoms with Crippen LogP contribution in [0.25, 0.3) is 0 Å². The average molecular weight is 229 g/mol. The van der Waals surface area contributed by atoms with Gasteiger partial charge in [-0.05, 0) is 18.1 Å². The monoisotopic (exact) mass is 229 g/mol. The van der Waals surface area contributed by atoms with Gasteiger partial charge in [-0.1, -0.05) is 0 Å². The van der Waals surface area contributed by atoms with Crippen LogP contribution in [-0.4, -0.2) is 22.0 Å². The van der Waals surface area contributed by atoms with Crippen molar-refractivity contribution in [3.63, 3.8) is 0 Å². The largest absolute Gasteiger partial charge is 0.477 e. The molecule has 2 N–H and O–H groups in total. The highest BCUT2D eigenvalue weighted by molar-refractivity contribution is 5.87. The Bertz CT molecular complexity index is 507. The summed E-state index contributed by atoms with van der Waals surface area (Å²) >= 11 is 0. The van der Waals surface area contributed by atoms with Crippen molar-refractivity contribution in [1.29, 1.82) is 0 Å². The van der Waals surface area contributed by atoms with E-state index in [0.717, 1.165) is 6.07 Å². The number of pyridine rings is 1. The molecule has 0 amide bonds. The third-order valence-corrected chi connectivity index (χ3v) is 2.64. The molecule has 6 heteroatoms. The first-order valence-corrected chi connectivity index (χ1v) is 4.75. The molecule has 0 fully saturated rings. The predicted molar refractivity (Wildman–Crippen MR) is 51.0 cm³/mol. The molecule has 86 valence electrons. The maximum atomic E-state index is 13.1. The average Bonchev–Trinajstić information content (AvgIpc) is 2.16. The Kier molecular flexibility index (Phi) is 2.29. The van der Waals surface area contributed by atoms with E-state index in [4.69, 9.17) is 5.11 Å². The maximum absolute atomic E-state index is 13.1. The van der Waals surface area contributed by atoms with Gasteiger partial charge in [0.1, 0.15) is 5.56 Å². The molecule has 16 heavy (non-hydrogen) atoms. The summed E-state index contributed by atoms with van der Waals surface area (Å²) in [6.07, 6.45) is -0.765. The topological polar surface area (TPSA) is 70.2 Å². The molecule has 1 aromatic rings. The molecule has 1 aliphatic carbocycles. The lowest BCUT2D eigenvalue weighted by molar-refractivity contribution is -0.0129. The number of hydrogen-bond acceptors (Lipinski definition) is 2. The van der Waals surface area contributed by atoms with Gasteiger partial charge in [0.25, 0.3) is 11.5 Å². The summed E-state index contributed by atoms with van der Waals surface area (Å²) in [7, 11) is 0. The number of hydrogen-bond donors (Lipinski definition) is 2. The Morgan fingerprint density at radius 1 is 1.50 bits per heavy atom. The Balaban J connectivity index is 2.52. The van der Waals surface area contributed by atoms with Crippen molar-refractivity contribution in [2.24, 2.45) is 0 Å². The molecule has 1 aliphatic rings. The second kappa shape index (κ2) is 3.40. The zero-order valence-corrected chi connectivity index (χ0v) is 8.22. The Labute approximate surface area is 88.9 Å². The molecular weight excluding hydrogens is 220 g/mol. The van der Waals surface area contributed by atoms with Gasteiger partial charge in [-0.3, -0.25) is 4.79 Å². The number of nitrogens with one attached hydrogen (secondary N) is 1. The minimum Gasteiger partial charge on any atom is -0.477 e. The lowest BCUT2D eigenvalue weighted by atomic mass is 9.92. The van der Waals surface area contributed by atoms with Crippen LogP contribution >= 0.6 is 0 Å². The number of halogens is 2. The standard InChI is InChI=1S/C10H9F2NO3/c11-10(12)2-1-7-5(4-10)3-6(9(15)16)8(14)13-7/h3H,1-2,4H2,(H,13,14)(H,15,16). The molecule has 0 spiro atoms. The van der Waals surface area contributed by atoms with Crippen LogP contribution < -0.4 is 5.56 Å². The number of aromatic carboxylic acids is 1. The van der Waals surface area contributed by atoms with Crippen molar-refractivity contribution in [2.75, 3.05) is 0 Å². The molecule has 0 saturated heterocycles. The van der Waals surface area contributed by atoms with E-state index in [1.807, 2.05) is 0 Å². The van der Waals surface area contributed by atoms with E-state index in [1.165, 1.54) is 0 Å². The quantitative estimate of drug-likeness (QED) is 0.760. The van der Waals surface area contributed by atoms with Crippen molar-refractivity contribution < 1.29 is 18.7 Å². The highest BCUT2D eigenvalue weighted by Crippen LogP contribution is 2.31. The highest BCUT2D eigenvalue weighted by atomic mass is 19.3. The van der Waals surface area contributed by atoms with E-state index < -0.39 is 29.4 Å². The van der Waals surface area contributed by atoms with Gasteiger partial charge in [0.2, 0.25) is 0 Å². The van der Waals surface area contributed by atoms with Gasteiger partial charge in [0.05, 0.1) is 0 Å². The fourth-order valence-electron chi connectivity index (χ4n) is 1.83. The third kappa shape index (κ3) is 1.82. The Morgan fingerprint density at radius 3 is 2.81 bits per heavy atom. The van der Waals surface area contributed by atoms with E-state index in [9.17, 15) is 18.4 Å². The number of fused-ring (bicyclic) bond motifs is 1. The minimum atomic E-state index is -2.82. The van der Waals surface area contributed by atoms with Crippen LogP contribution in [0.3, 0.4) is 0 Å². The number of aromatic nitrogens is 1. The summed E-state index contributed by atoms with van der Waals surface area (Å²) in [5, 5.41) is 8.69. The molecular formula is C10H9F2NO3. The van der Waals surface area contributed by atoms with Crippen molar-refractivity contribution in [2.45, 2.75) is 25.2 Å². The number of carboxylic acids is 1. The summed E-state index contributed by atoms with van der Waals surface area (Å²) in [5.41, 5.74) is -0.595. The SMILES string of the molecule is O=C(O)c1cc2c([nH]c1=O)CCC(F)(F)C2. The molecule has 0 saturated carbocycles. The second-order valence-corrected chi connectivity index (χ2v) is 3.85. The Hall–Kier alpha value is -1.72. The molecule has 0 unspecified atom stereocenters. The van der Waals surface area contributed by atoms with Crippen LogP contribution in [-0.2, 0) is 12.8 Å². The summed E-state index contributed by atoms with van der Waals surface area (Å²) in [6.45, 7) is 0. The van der Waals surface area contributed by atoms with Crippen LogP contribution in [0.15, 0.2) is 10.9 Å². The molecule has 0 radical (unpaired) electrons. The Morgan fingerprint density at radius 2 is 2.19 bits per heavy atom. The van der Waals surface area contributed by atoms with Gasteiger partial charge < -0.3 is 10.1 Å². The number of carbonyl (C=O) groups is 1. The number of alkyl halides is 2. The second-order valence-electron chi connectivity index (χ2n) is 3.85. The van der Waals surface area contributed by atoms with E-state index in [2.05, 4.69) is 4.98 Å². The first-order chi connectivity index (χ1) is 7.39. The zero-order valence-electron chi connectivity index (χ0n) is 8.22. The number of aryl methyl sites for hydroxylation is 1. The van der Waals surface area contributed by atoms with E-state index in [-0.39, 0.29) is 18.4 Å². The van der Waals surface area contributed by atoms with E-state index >= 15 is 0 Å². The van der Waals surface area contributed by atoms with Crippen molar-refractivity contribution in [1.82, 2.24) is 4.98 Å². The van der Waals surface area contributed by atoms with Crippen LogP contribution in [0.1, 0.15) is 28.0 Å². The van der Waals surface area contributed by atoms with Crippen molar-refractivity contribution in [3.05, 3.63) is 33.2 Å². The molecule has 0 aromatic carbocycles. The molecule has 0 aliphatic heterocycles. The van der Waals surface area contributed by atoms with Crippen LogP contribution in [0, 0.1) is 0 Å². The summed E-state index contributed by atoms with van der Waals surface area (Å²) in [4.78, 5) is 24.3. The number of H-pyrrole nitrogens is 1. The number of rotatable bonds is 1. The van der Waals surface area contributed by atoms with Crippen LogP contribution in [0.4, 0.5) is 8.78 Å². The highest BCUT2D eigenvalue weighted by Gasteiger charge is 2.35. The maximum Gasteiger partial charge on any atom is 0.341 e. The molecule has 0 bridgehead atoms. The first-order valence-electron chi connectivity index (χ1n) is 4.75. The fourth-order valence-corrected chi connectivity index (χ4v) is 1.83. The zero-order chi connectivity index (χ0) is 11.9. The van der Waals surface area contributed by atoms with Gasteiger partial charge >= 0.3 is 5.97 Å². The predicted octanol–water partition coefficient (Wildman–Crippen LogP) is 1.20. The van der Waals surface area contributed by atoms with Gasteiger partial charge in [0, 0.05) is 18.5 Å². The molecule has 4 nitrogen and oxygen atoms in total. The van der Waals surface area contributed by atoms with Crippen molar-refractivity contribution in [3.8, 4) is 0 Å². The lowest BCUT2D eigenvalue weighted by Crippen LogP contribution is -2.30. The number of aromatic amines is 1. The molecule has 2 rings (SSSR count). The van der Waals surface area contributed by atoms with Gasteiger partial charge in [-0.15, -0.1) is 0 Å². The molecule has 1 aromatic heterocycles. The van der Waals surface area contributed by atoms with Gasteiger partial charge in [-0.25, -0.2) is 13.6 Å². The molecule has 1 heterocycles. The van der Waals surface area contributed by atoms with Gasteiger partial charge in [0.15, 0.2) is 0 Å². The van der Waals surface area contributed by atoms with E-state index in [0.29, 0.717) is 5.69 Å². The lowest BCUT2D eigenvalue weighted by Gasteiger charge is -2.23. The first kappa shape index (κ1) is 10.8. The summed E-state index contributed by atoms with van der Waals surface area (Å²) in [6, 6.07) is 1.05. The normalized spacial score (nSPS) is 17.9. The van der Waals surface area contributed by atoms with Crippen LogP contribution in [0.5, 0.6) is 0 Å². The molecule has 0 atom stereocenters. The van der Waals surface area contributed by atoms with Gasteiger partial charge in [-0.2, -0.15) is 0 Å². The van der Waals surface area contributed by atoms with Crippen molar-refractivity contribution >= 4 is 5.97 Å². The summed E-state index contributed by atoms with van der Waals surface area (Å²) in [5.74, 6) is -4.22. The smallest absolute Gasteiger partial charge is 0.341 e. The summed E-state index contributed by atoms with van der Waals surface area (Å²) < 4.78 is 26.2. The van der Waals surface area contributed by atoms with E-state index in [1.54, 1.807) is 0 Å².